The fourth-order valence-corrected chi connectivity index (χ4v) is 2.45. The summed E-state index contributed by atoms with van der Waals surface area (Å²) in [5.74, 6) is 1.42. The zero-order chi connectivity index (χ0) is 13.9. The van der Waals surface area contributed by atoms with Gasteiger partial charge < -0.3 is 10.1 Å². The van der Waals surface area contributed by atoms with Crippen molar-refractivity contribution < 1.29 is 4.74 Å². The summed E-state index contributed by atoms with van der Waals surface area (Å²) in [6.07, 6.45) is 2.60. The summed E-state index contributed by atoms with van der Waals surface area (Å²) in [6.45, 7) is 0.911. The highest BCUT2D eigenvalue weighted by Gasteiger charge is 2.19. The Kier molecular flexibility index (Phi) is 4.16. The van der Waals surface area contributed by atoms with Crippen molar-refractivity contribution in [2.45, 2.75) is 25.4 Å². The van der Waals surface area contributed by atoms with Crippen molar-refractivity contribution in [1.29, 1.82) is 0 Å². The van der Waals surface area contributed by atoms with Crippen LogP contribution in [0.1, 0.15) is 18.4 Å². The molecule has 4 heteroatoms. The van der Waals surface area contributed by atoms with E-state index in [2.05, 4.69) is 17.4 Å². The molecule has 1 aliphatic carbocycles. The van der Waals surface area contributed by atoms with Crippen molar-refractivity contribution in [3.05, 3.63) is 58.1 Å². The maximum Gasteiger partial charge on any atom is 0.130 e. The normalized spacial score (nSPS) is 14.3. The predicted octanol–water partition coefficient (Wildman–Crippen LogP) is 5.04. The second kappa shape index (κ2) is 6.04. The number of ether oxygens (including phenoxy) is 1. The Morgan fingerprint density at radius 3 is 2.20 bits per heavy atom. The molecule has 2 aromatic carbocycles. The van der Waals surface area contributed by atoms with E-state index in [-0.39, 0.29) is 0 Å². The molecule has 1 N–H and O–H groups in total. The minimum absolute atomic E-state index is 0.567. The topological polar surface area (TPSA) is 21.3 Å². The molecule has 0 saturated heterocycles. The van der Waals surface area contributed by atoms with Gasteiger partial charge in [-0.15, -0.1) is 0 Å². The van der Waals surface area contributed by atoms with E-state index < -0.39 is 0 Å². The molecule has 2 nitrogen and oxygen atoms in total. The molecule has 0 amide bonds. The Morgan fingerprint density at radius 1 is 0.950 bits per heavy atom. The number of halogens is 2. The standard InChI is InChI=1S/C16H15Cl2NO/c17-12-7-13(18)9-16(8-12)20-15-5-1-11(2-6-15)10-19-14-3-4-14/h1-2,5-9,14,19H,3-4,10H2. The summed E-state index contributed by atoms with van der Waals surface area (Å²) < 4.78 is 5.74. The van der Waals surface area contributed by atoms with Gasteiger partial charge in [0.05, 0.1) is 0 Å². The maximum atomic E-state index is 5.95. The summed E-state index contributed by atoms with van der Waals surface area (Å²) in [4.78, 5) is 0. The van der Waals surface area contributed by atoms with Crippen LogP contribution in [0.25, 0.3) is 0 Å². The van der Waals surface area contributed by atoms with Crippen LogP contribution in [0.2, 0.25) is 10.0 Å². The Bertz CT molecular complexity index is 574. The van der Waals surface area contributed by atoms with E-state index in [1.54, 1.807) is 18.2 Å². The summed E-state index contributed by atoms with van der Waals surface area (Å²) in [5, 5.41) is 4.62. The number of rotatable bonds is 5. The zero-order valence-corrected chi connectivity index (χ0v) is 12.4. The lowest BCUT2D eigenvalue weighted by atomic mass is 10.2. The number of hydrogen-bond donors (Lipinski definition) is 1. The lowest BCUT2D eigenvalue weighted by Crippen LogP contribution is -2.14. The molecule has 0 atom stereocenters. The van der Waals surface area contributed by atoms with Crippen LogP contribution in [0.3, 0.4) is 0 Å². The predicted molar refractivity (Wildman–Crippen MR) is 82.8 cm³/mol. The molecular weight excluding hydrogens is 293 g/mol. The molecule has 0 radical (unpaired) electrons. The largest absolute Gasteiger partial charge is 0.457 e. The summed E-state index contributed by atoms with van der Waals surface area (Å²) >= 11 is 11.9. The van der Waals surface area contributed by atoms with Crippen molar-refractivity contribution in [3.8, 4) is 11.5 Å². The fraction of sp³-hybridized carbons (Fsp3) is 0.250. The molecule has 1 aliphatic rings. The minimum Gasteiger partial charge on any atom is -0.457 e. The molecule has 0 spiro atoms. The van der Waals surface area contributed by atoms with E-state index in [0.717, 1.165) is 18.3 Å². The highest BCUT2D eigenvalue weighted by atomic mass is 35.5. The highest BCUT2D eigenvalue weighted by molar-refractivity contribution is 6.34. The van der Waals surface area contributed by atoms with Gasteiger partial charge in [0, 0.05) is 22.6 Å². The number of nitrogens with one attached hydrogen (secondary N) is 1. The molecule has 1 saturated carbocycles. The van der Waals surface area contributed by atoms with Gasteiger partial charge in [0.15, 0.2) is 0 Å². The molecule has 20 heavy (non-hydrogen) atoms. The Hall–Kier alpha value is -1.22. The third kappa shape index (κ3) is 3.89. The van der Waals surface area contributed by atoms with Crippen LogP contribution < -0.4 is 10.1 Å². The number of benzene rings is 2. The van der Waals surface area contributed by atoms with Gasteiger partial charge in [-0.2, -0.15) is 0 Å². The smallest absolute Gasteiger partial charge is 0.130 e. The van der Waals surface area contributed by atoms with E-state index in [1.807, 2.05) is 12.1 Å². The molecular formula is C16H15Cl2NO. The van der Waals surface area contributed by atoms with Gasteiger partial charge in [-0.05, 0) is 48.7 Å². The van der Waals surface area contributed by atoms with Crippen LogP contribution in [0.4, 0.5) is 0 Å². The lowest BCUT2D eigenvalue weighted by molar-refractivity contribution is 0.482. The maximum absolute atomic E-state index is 5.95. The Balaban J connectivity index is 1.64. The van der Waals surface area contributed by atoms with E-state index >= 15 is 0 Å². The van der Waals surface area contributed by atoms with Crippen LogP contribution >= 0.6 is 23.2 Å². The third-order valence-corrected chi connectivity index (χ3v) is 3.60. The van der Waals surface area contributed by atoms with Crippen molar-refractivity contribution in [3.63, 3.8) is 0 Å². The summed E-state index contributed by atoms with van der Waals surface area (Å²) in [6, 6.07) is 13.9. The Labute approximate surface area is 128 Å². The molecule has 104 valence electrons. The van der Waals surface area contributed by atoms with Gasteiger partial charge in [-0.25, -0.2) is 0 Å². The average Bonchev–Trinajstić information content (AvgIpc) is 3.21. The van der Waals surface area contributed by atoms with Crippen molar-refractivity contribution in [2.24, 2.45) is 0 Å². The van der Waals surface area contributed by atoms with Gasteiger partial charge in [-0.1, -0.05) is 35.3 Å². The number of hydrogen-bond acceptors (Lipinski definition) is 2. The molecule has 0 aliphatic heterocycles. The van der Waals surface area contributed by atoms with Crippen LogP contribution in [0.5, 0.6) is 11.5 Å². The van der Waals surface area contributed by atoms with E-state index in [0.29, 0.717) is 15.8 Å². The molecule has 0 unspecified atom stereocenters. The van der Waals surface area contributed by atoms with Crippen LogP contribution in [0, 0.1) is 0 Å². The molecule has 3 rings (SSSR count). The van der Waals surface area contributed by atoms with Gasteiger partial charge in [0.2, 0.25) is 0 Å². The fourth-order valence-electron chi connectivity index (χ4n) is 1.95. The second-order valence-corrected chi connectivity index (χ2v) is 5.88. The van der Waals surface area contributed by atoms with E-state index in [1.165, 1.54) is 18.4 Å². The van der Waals surface area contributed by atoms with E-state index in [4.69, 9.17) is 27.9 Å². The quantitative estimate of drug-likeness (QED) is 0.835. The summed E-state index contributed by atoms with van der Waals surface area (Å²) in [5.41, 5.74) is 1.26. The lowest BCUT2D eigenvalue weighted by Gasteiger charge is -2.08. The monoisotopic (exact) mass is 307 g/mol. The van der Waals surface area contributed by atoms with Gasteiger partial charge in [0.1, 0.15) is 11.5 Å². The van der Waals surface area contributed by atoms with Crippen molar-refractivity contribution in [2.75, 3.05) is 0 Å². The molecule has 0 aromatic heterocycles. The highest BCUT2D eigenvalue weighted by Crippen LogP contribution is 2.28. The average molecular weight is 308 g/mol. The first-order chi connectivity index (χ1) is 9.69. The van der Waals surface area contributed by atoms with Crippen molar-refractivity contribution >= 4 is 23.2 Å². The molecule has 2 aromatic rings. The minimum atomic E-state index is 0.567. The first-order valence-corrected chi connectivity index (χ1v) is 7.41. The Morgan fingerprint density at radius 2 is 1.60 bits per heavy atom. The summed E-state index contributed by atoms with van der Waals surface area (Å²) in [7, 11) is 0. The first kappa shape index (κ1) is 13.7. The van der Waals surface area contributed by atoms with Crippen LogP contribution in [-0.4, -0.2) is 6.04 Å². The molecule has 0 bridgehead atoms. The second-order valence-electron chi connectivity index (χ2n) is 5.01. The van der Waals surface area contributed by atoms with Gasteiger partial charge >= 0.3 is 0 Å². The first-order valence-electron chi connectivity index (χ1n) is 6.65. The van der Waals surface area contributed by atoms with Gasteiger partial charge in [-0.3, -0.25) is 0 Å². The molecule has 1 fully saturated rings. The van der Waals surface area contributed by atoms with Gasteiger partial charge in [0.25, 0.3) is 0 Å². The van der Waals surface area contributed by atoms with Crippen LogP contribution in [-0.2, 0) is 6.54 Å². The van der Waals surface area contributed by atoms with Crippen molar-refractivity contribution in [1.82, 2.24) is 5.32 Å². The van der Waals surface area contributed by atoms with Crippen LogP contribution in [0.15, 0.2) is 42.5 Å². The third-order valence-electron chi connectivity index (χ3n) is 3.17. The zero-order valence-electron chi connectivity index (χ0n) is 10.9. The van der Waals surface area contributed by atoms with E-state index in [9.17, 15) is 0 Å². The SMILES string of the molecule is Clc1cc(Cl)cc(Oc2ccc(CNC3CC3)cc2)c1. The molecule has 0 heterocycles.